The van der Waals surface area contributed by atoms with E-state index >= 15 is 13.2 Å². The molecule has 0 bridgehead atoms. The van der Waals surface area contributed by atoms with E-state index in [0.29, 0.717) is 60.0 Å². The van der Waals surface area contributed by atoms with E-state index in [9.17, 15) is 19.5 Å². The van der Waals surface area contributed by atoms with Gasteiger partial charge in [-0.25, -0.2) is 13.2 Å². The van der Waals surface area contributed by atoms with Crippen LogP contribution in [0.15, 0.2) is 72.8 Å². The fraction of sp³-hybridized carbons (Fsp3) is 0.426. The zero-order valence-corrected chi connectivity index (χ0v) is 33.3. The summed E-state index contributed by atoms with van der Waals surface area (Å²) in [5, 5.41) is 12.5. The second-order valence-electron chi connectivity index (χ2n) is 17.8. The highest BCUT2D eigenvalue weighted by molar-refractivity contribution is 6.05. The van der Waals surface area contributed by atoms with E-state index in [2.05, 4.69) is 21.2 Å². The van der Waals surface area contributed by atoms with Gasteiger partial charge in [0.15, 0.2) is 0 Å². The van der Waals surface area contributed by atoms with Gasteiger partial charge < -0.3 is 29.4 Å². The number of nitrogens with one attached hydrogen (secondary N) is 1. The summed E-state index contributed by atoms with van der Waals surface area (Å²) in [6, 6.07) is 19.2. The number of likely N-dealkylation sites (tertiary alicyclic amines) is 1. The van der Waals surface area contributed by atoms with Crippen LogP contribution in [0.3, 0.4) is 0 Å². The topological polar surface area (TPSA) is 106 Å². The molecule has 1 spiro atoms. The molecule has 6 aliphatic rings. The van der Waals surface area contributed by atoms with Gasteiger partial charge in [-0.05, 0) is 110 Å². The lowest BCUT2D eigenvalue weighted by molar-refractivity contribution is -0.136. The first kappa shape index (κ1) is 38.6. The Morgan fingerprint density at radius 2 is 1.55 bits per heavy atom. The Labute approximate surface area is 346 Å². The first-order valence-electron chi connectivity index (χ1n) is 21.2. The molecule has 0 aromatic heterocycles. The van der Waals surface area contributed by atoms with Gasteiger partial charge in [-0.3, -0.25) is 19.7 Å². The number of carbonyl (C=O) groups is 3. The Kier molecular flexibility index (Phi) is 9.76. The van der Waals surface area contributed by atoms with Crippen molar-refractivity contribution in [1.82, 2.24) is 15.1 Å². The van der Waals surface area contributed by atoms with Crippen molar-refractivity contribution in [3.8, 4) is 11.5 Å². The molecule has 1 unspecified atom stereocenters. The molecule has 0 radical (unpaired) electrons. The molecule has 10 rings (SSSR count). The van der Waals surface area contributed by atoms with Crippen LogP contribution in [0, 0.1) is 28.8 Å². The molecule has 0 saturated carbocycles. The van der Waals surface area contributed by atoms with Gasteiger partial charge >= 0.3 is 0 Å². The van der Waals surface area contributed by atoms with Gasteiger partial charge in [0.2, 0.25) is 11.8 Å². The number of rotatable bonds is 7. The number of phenols is 1. The van der Waals surface area contributed by atoms with Gasteiger partial charge in [-0.2, -0.15) is 0 Å². The van der Waals surface area contributed by atoms with Crippen molar-refractivity contribution >= 4 is 29.1 Å². The van der Waals surface area contributed by atoms with Crippen molar-refractivity contribution in [2.24, 2.45) is 11.3 Å². The number of amides is 3. The van der Waals surface area contributed by atoms with Gasteiger partial charge in [0.05, 0.1) is 6.61 Å². The second-order valence-corrected chi connectivity index (χ2v) is 17.8. The first-order valence-corrected chi connectivity index (χ1v) is 21.2. The fourth-order valence-corrected chi connectivity index (χ4v) is 10.9. The van der Waals surface area contributed by atoms with Gasteiger partial charge in [0, 0.05) is 85.8 Å². The lowest BCUT2D eigenvalue weighted by Gasteiger charge is -2.55. The maximum atomic E-state index is 16.1. The minimum absolute atomic E-state index is 0.0133. The monoisotopic (exact) mass is 819 g/mol. The molecule has 312 valence electrons. The molecule has 3 amide bonds. The highest BCUT2D eigenvalue weighted by atomic mass is 19.1. The molecular weight excluding hydrogens is 772 g/mol. The lowest BCUT2D eigenvalue weighted by Crippen LogP contribution is -2.60. The third-order valence-electron chi connectivity index (χ3n) is 14.1. The largest absolute Gasteiger partial charge is 0.508 e. The molecule has 13 heteroatoms. The predicted octanol–water partition coefficient (Wildman–Crippen LogP) is 6.70. The first-order chi connectivity index (χ1) is 29.0. The summed E-state index contributed by atoms with van der Waals surface area (Å²) in [6.07, 6.45) is 4.47. The summed E-state index contributed by atoms with van der Waals surface area (Å²) in [6.45, 7) is 6.50. The molecule has 4 aromatic rings. The van der Waals surface area contributed by atoms with E-state index in [1.807, 2.05) is 17.0 Å². The van der Waals surface area contributed by atoms with Crippen LogP contribution in [0.2, 0.25) is 0 Å². The van der Waals surface area contributed by atoms with Crippen LogP contribution in [0.25, 0.3) is 0 Å². The van der Waals surface area contributed by atoms with Crippen LogP contribution in [0.1, 0.15) is 83.0 Å². The van der Waals surface area contributed by atoms with E-state index in [4.69, 9.17) is 4.74 Å². The van der Waals surface area contributed by atoms with E-state index in [-0.39, 0.29) is 41.7 Å². The Bertz CT molecular complexity index is 2350. The van der Waals surface area contributed by atoms with Gasteiger partial charge in [0.25, 0.3) is 5.91 Å². The van der Waals surface area contributed by atoms with Gasteiger partial charge in [0.1, 0.15) is 40.7 Å². The van der Waals surface area contributed by atoms with Crippen molar-refractivity contribution in [2.45, 2.75) is 62.9 Å². The summed E-state index contributed by atoms with van der Waals surface area (Å²) in [5.41, 5.74) is 4.32. The molecule has 4 aromatic carbocycles. The molecule has 3 atom stereocenters. The summed E-state index contributed by atoms with van der Waals surface area (Å²) >= 11 is 0. The third kappa shape index (κ3) is 6.94. The van der Waals surface area contributed by atoms with E-state index in [1.165, 1.54) is 30.3 Å². The molecule has 4 fully saturated rings. The molecule has 6 heterocycles. The van der Waals surface area contributed by atoms with Crippen molar-refractivity contribution in [3.63, 3.8) is 0 Å². The van der Waals surface area contributed by atoms with E-state index in [1.54, 1.807) is 29.2 Å². The summed E-state index contributed by atoms with van der Waals surface area (Å²) in [5.74, 6) is -2.80. The normalized spacial score (nSPS) is 24.2. The molecular formula is C47H48F3N5O5. The molecule has 10 nitrogen and oxygen atoms in total. The summed E-state index contributed by atoms with van der Waals surface area (Å²) in [4.78, 5) is 45.6. The van der Waals surface area contributed by atoms with E-state index in [0.717, 1.165) is 69.7 Å². The number of benzene rings is 4. The standard InChI is InChI=1S/C47H48F3N5O5/c48-37-4-2-1-3-34(37)36-25-60-41-22-32(56)6-8-35(41)43(36)29-20-38(49)44(39(50)21-29)53-15-11-28(12-16-53)23-52-17-13-47(14-18-52)26-54(27-47)31-5-7-33-30(19-31)24-55(46(33)59)40-9-10-42(57)51-45(40)58/h1-8,19-22,28,36,40,43,56H,9-18,23-27H2,(H,51,57,58)/t36-,40?,43-/m1/s1. The van der Waals surface area contributed by atoms with Crippen LogP contribution >= 0.6 is 0 Å². The molecule has 2 N–H and O–H groups in total. The van der Waals surface area contributed by atoms with Gasteiger partial charge in [-0.15, -0.1) is 0 Å². The number of phenolic OH excluding ortho intramolecular Hbond substituents is 1. The number of imide groups is 1. The lowest BCUT2D eigenvalue weighted by atomic mass is 9.71. The predicted molar refractivity (Wildman–Crippen MR) is 219 cm³/mol. The number of nitrogens with zero attached hydrogens (tertiary/aromatic N) is 4. The Hall–Kier alpha value is -5.56. The third-order valence-corrected chi connectivity index (χ3v) is 14.1. The van der Waals surface area contributed by atoms with E-state index < -0.39 is 41.2 Å². The number of carbonyl (C=O) groups excluding carboxylic acids is 3. The number of ether oxygens (including phenoxy) is 1. The maximum absolute atomic E-state index is 16.1. The number of aromatic hydroxyl groups is 1. The molecule has 60 heavy (non-hydrogen) atoms. The average molecular weight is 820 g/mol. The number of hydrogen-bond donors (Lipinski definition) is 2. The minimum atomic E-state index is -0.638. The Morgan fingerprint density at radius 1 is 0.800 bits per heavy atom. The SMILES string of the molecule is O=C1CCC(N2Cc3cc(N4CC5(CCN(CC6CCN(c7c(F)cc([C@@H]8c9ccc(O)cc9OC[C@@H]8c8ccccc8F)cc7F)CC6)CC5)C4)ccc3C2=O)C(=O)N1. The van der Waals surface area contributed by atoms with Crippen LogP contribution in [-0.4, -0.2) is 91.1 Å². The van der Waals surface area contributed by atoms with Crippen molar-refractivity contribution in [2.75, 3.05) is 62.2 Å². The number of piperidine rings is 3. The Morgan fingerprint density at radius 3 is 2.28 bits per heavy atom. The number of hydrogen-bond acceptors (Lipinski definition) is 8. The number of fused-ring (bicyclic) bond motifs is 2. The highest BCUT2D eigenvalue weighted by Gasteiger charge is 2.46. The van der Waals surface area contributed by atoms with Crippen molar-refractivity contribution in [3.05, 3.63) is 118 Å². The molecule has 4 saturated heterocycles. The van der Waals surface area contributed by atoms with Crippen LogP contribution in [-0.2, 0) is 16.1 Å². The minimum Gasteiger partial charge on any atom is -0.508 e. The molecule has 6 aliphatic heterocycles. The highest BCUT2D eigenvalue weighted by Crippen LogP contribution is 2.49. The van der Waals surface area contributed by atoms with Crippen LogP contribution in [0.4, 0.5) is 24.5 Å². The van der Waals surface area contributed by atoms with Crippen LogP contribution in [0.5, 0.6) is 11.5 Å². The van der Waals surface area contributed by atoms with Crippen molar-refractivity contribution < 1.29 is 37.4 Å². The maximum Gasteiger partial charge on any atom is 0.255 e. The quantitative estimate of drug-likeness (QED) is 0.199. The number of anilines is 2. The number of halogens is 3. The van der Waals surface area contributed by atoms with Gasteiger partial charge in [-0.1, -0.05) is 24.3 Å². The van der Waals surface area contributed by atoms with Crippen LogP contribution < -0.4 is 19.9 Å². The fourth-order valence-electron chi connectivity index (χ4n) is 10.9. The summed E-state index contributed by atoms with van der Waals surface area (Å²) in [7, 11) is 0. The molecule has 0 aliphatic carbocycles. The smallest absolute Gasteiger partial charge is 0.255 e. The van der Waals surface area contributed by atoms with Crippen molar-refractivity contribution in [1.29, 1.82) is 0 Å². The summed E-state index contributed by atoms with van der Waals surface area (Å²) < 4.78 is 53.3. The zero-order chi connectivity index (χ0) is 41.3. The average Bonchev–Trinajstić information content (AvgIpc) is 3.55. The Balaban J connectivity index is 0.735. The zero-order valence-electron chi connectivity index (χ0n) is 33.3. The second kappa shape index (κ2) is 15.2.